The lowest BCUT2D eigenvalue weighted by molar-refractivity contribution is 0.0899. The molecule has 0 spiro atoms. The number of aliphatic hydroxyl groups is 1. The summed E-state index contributed by atoms with van der Waals surface area (Å²) in [4.78, 5) is 11.7. The molecule has 2 rings (SSSR count). The molecular formula is C12H17NO4. The fourth-order valence-corrected chi connectivity index (χ4v) is 1.64. The zero-order chi connectivity index (χ0) is 12.3. The number of methoxy groups -OCH3 is 1. The van der Waals surface area contributed by atoms with E-state index in [1.54, 1.807) is 19.2 Å². The molecule has 0 aromatic carbocycles. The van der Waals surface area contributed by atoms with Crippen molar-refractivity contribution in [1.29, 1.82) is 0 Å². The Bertz CT molecular complexity index is 395. The van der Waals surface area contributed by atoms with Crippen molar-refractivity contribution >= 4 is 5.91 Å². The van der Waals surface area contributed by atoms with E-state index in [1.807, 2.05) is 0 Å². The fourth-order valence-electron chi connectivity index (χ4n) is 1.64. The van der Waals surface area contributed by atoms with E-state index in [0.29, 0.717) is 18.9 Å². The van der Waals surface area contributed by atoms with Crippen LogP contribution in [-0.2, 0) is 11.3 Å². The van der Waals surface area contributed by atoms with E-state index < -0.39 is 0 Å². The summed E-state index contributed by atoms with van der Waals surface area (Å²) in [6, 6.07) is 3.35. The highest BCUT2D eigenvalue weighted by atomic mass is 16.5. The van der Waals surface area contributed by atoms with Crippen molar-refractivity contribution in [1.82, 2.24) is 5.32 Å². The molecule has 0 atom stereocenters. The van der Waals surface area contributed by atoms with E-state index in [4.69, 9.17) is 14.3 Å². The van der Waals surface area contributed by atoms with Crippen LogP contribution in [0.1, 0.15) is 29.2 Å². The van der Waals surface area contributed by atoms with Crippen LogP contribution in [0, 0.1) is 5.41 Å². The second-order valence-electron chi connectivity index (χ2n) is 4.54. The van der Waals surface area contributed by atoms with Crippen LogP contribution in [0.2, 0.25) is 0 Å². The lowest BCUT2D eigenvalue weighted by Gasteiger charge is -2.11. The predicted molar refractivity (Wildman–Crippen MR) is 60.5 cm³/mol. The van der Waals surface area contributed by atoms with Gasteiger partial charge in [-0.3, -0.25) is 4.79 Å². The van der Waals surface area contributed by atoms with E-state index in [2.05, 4.69) is 5.32 Å². The first-order valence-electron chi connectivity index (χ1n) is 5.66. The van der Waals surface area contributed by atoms with Crippen LogP contribution in [-0.4, -0.2) is 31.3 Å². The van der Waals surface area contributed by atoms with Crippen molar-refractivity contribution in [2.45, 2.75) is 19.4 Å². The number of ether oxygens (including phenoxy) is 1. The second-order valence-corrected chi connectivity index (χ2v) is 4.54. The van der Waals surface area contributed by atoms with Gasteiger partial charge in [-0.05, 0) is 25.0 Å². The van der Waals surface area contributed by atoms with Crippen molar-refractivity contribution < 1.29 is 19.1 Å². The van der Waals surface area contributed by atoms with Crippen LogP contribution < -0.4 is 5.32 Å². The van der Waals surface area contributed by atoms with Crippen LogP contribution in [0.5, 0.6) is 0 Å². The van der Waals surface area contributed by atoms with Crippen LogP contribution in [0.15, 0.2) is 16.5 Å². The smallest absolute Gasteiger partial charge is 0.287 e. The Hall–Kier alpha value is -1.33. The zero-order valence-electron chi connectivity index (χ0n) is 9.86. The summed E-state index contributed by atoms with van der Waals surface area (Å²) < 4.78 is 10.2. The third-order valence-corrected chi connectivity index (χ3v) is 3.09. The Balaban J connectivity index is 1.86. The highest BCUT2D eigenvalue weighted by Gasteiger charge is 2.42. The van der Waals surface area contributed by atoms with E-state index >= 15 is 0 Å². The molecule has 0 unspecified atom stereocenters. The van der Waals surface area contributed by atoms with Crippen molar-refractivity contribution in [2.75, 3.05) is 20.3 Å². The molecule has 0 bridgehead atoms. The summed E-state index contributed by atoms with van der Waals surface area (Å²) in [5, 5.41) is 11.9. The predicted octanol–water partition coefficient (Wildman–Crippen LogP) is 0.928. The minimum atomic E-state index is -0.243. The number of furan rings is 1. The molecule has 1 aliphatic rings. The summed E-state index contributed by atoms with van der Waals surface area (Å²) >= 11 is 0. The number of rotatable bonds is 6. The zero-order valence-corrected chi connectivity index (χ0v) is 9.86. The molecule has 1 saturated carbocycles. The maximum atomic E-state index is 11.7. The van der Waals surface area contributed by atoms with Gasteiger partial charge in [-0.2, -0.15) is 0 Å². The highest BCUT2D eigenvalue weighted by molar-refractivity contribution is 5.91. The molecule has 2 N–H and O–H groups in total. The maximum absolute atomic E-state index is 11.7. The number of carbonyl (C=O) groups excluding carboxylic acids is 1. The standard InChI is InChI=1S/C12H17NO4/c1-16-6-9-2-3-10(17-9)11(15)13-7-12(8-14)4-5-12/h2-3,14H,4-8H2,1H3,(H,13,15). The fraction of sp³-hybridized carbons (Fsp3) is 0.583. The number of nitrogens with one attached hydrogen (secondary N) is 1. The summed E-state index contributed by atoms with van der Waals surface area (Å²) in [6.45, 7) is 0.983. The molecule has 1 fully saturated rings. The Labute approximate surface area is 99.8 Å². The molecular weight excluding hydrogens is 222 g/mol. The van der Waals surface area contributed by atoms with Gasteiger partial charge in [0.1, 0.15) is 12.4 Å². The Morgan fingerprint density at radius 3 is 2.94 bits per heavy atom. The Kier molecular flexibility index (Phi) is 3.49. The van der Waals surface area contributed by atoms with Crippen molar-refractivity contribution in [3.63, 3.8) is 0 Å². The largest absolute Gasteiger partial charge is 0.453 e. The van der Waals surface area contributed by atoms with E-state index in [1.165, 1.54) is 0 Å². The van der Waals surface area contributed by atoms with Crippen LogP contribution in [0.3, 0.4) is 0 Å². The Morgan fingerprint density at radius 1 is 1.59 bits per heavy atom. The van der Waals surface area contributed by atoms with Crippen LogP contribution in [0.4, 0.5) is 0 Å². The second kappa shape index (κ2) is 4.89. The number of amides is 1. The summed E-state index contributed by atoms with van der Waals surface area (Å²) in [6.07, 6.45) is 1.94. The van der Waals surface area contributed by atoms with Gasteiger partial charge in [-0.25, -0.2) is 0 Å². The lowest BCUT2D eigenvalue weighted by Crippen LogP contribution is -2.31. The minimum Gasteiger partial charge on any atom is -0.453 e. The first-order valence-corrected chi connectivity index (χ1v) is 5.66. The summed E-state index contributed by atoms with van der Waals surface area (Å²) in [5.74, 6) is 0.666. The van der Waals surface area contributed by atoms with Crippen LogP contribution >= 0.6 is 0 Å². The highest BCUT2D eigenvalue weighted by Crippen LogP contribution is 2.44. The number of aliphatic hydroxyl groups excluding tert-OH is 1. The molecule has 1 aromatic heterocycles. The Morgan fingerprint density at radius 2 is 2.35 bits per heavy atom. The van der Waals surface area contributed by atoms with Gasteiger partial charge < -0.3 is 19.6 Å². The molecule has 0 radical (unpaired) electrons. The molecule has 17 heavy (non-hydrogen) atoms. The van der Waals surface area contributed by atoms with Gasteiger partial charge in [-0.15, -0.1) is 0 Å². The van der Waals surface area contributed by atoms with Gasteiger partial charge in [0.2, 0.25) is 0 Å². The van der Waals surface area contributed by atoms with Gasteiger partial charge in [0.25, 0.3) is 5.91 Å². The molecule has 1 amide bonds. The van der Waals surface area contributed by atoms with Crippen molar-refractivity contribution in [3.05, 3.63) is 23.7 Å². The average molecular weight is 239 g/mol. The van der Waals surface area contributed by atoms with Gasteiger partial charge in [0, 0.05) is 19.1 Å². The van der Waals surface area contributed by atoms with Crippen LogP contribution in [0.25, 0.3) is 0 Å². The van der Waals surface area contributed by atoms with Crippen molar-refractivity contribution in [3.8, 4) is 0 Å². The molecule has 1 aromatic rings. The normalized spacial score (nSPS) is 16.8. The molecule has 1 heterocycles. The maximum Gasteiger partial charge on any atom is 0.287 e. The first-order chi connectivity index (χ1) is 8.19. The summed E-state index contributed by atoms with van der Waals surface area (Å²) in [7, 11) is 1.57. The number of carbonyl (C=O) groups is 1. The van der Waals surface area contributed by atoms with Gasteiger partial charge in [0.05, 0.1) is 6.61 Å². The minimum absolute atomic E-state index is 0.0857. The van der Waals surface area contributed by atoms with Gasteiger partial charge >= 0.3 is 0 Å². The number of hydrogen-bond donors (Lipinski definition) is 2. The SMILES string of the molecule is COCc1ccc(C(=O)NCC2(CO)CC2)o1. The van der Waals surface area contributed by atoms with Gasteiger partial charge in [0.15, 0.2) is 5.76 Å². The molecule has 0 saturated heterocycles. The third-order valence-electron chi connectivity index (χ3n) is 3.09. The quantitative estimate of drug-likeness (QED) is 0.774. The molecule has 5 heteroatoms. The van der Waals surface area contributed by atoms with E-state index in [0.717, 1.165) is 12.8 Å². The van der Waals surface area contributed by atoms with Gasteiger partial charge in [-0.1, -0.05) is 0 Å². The topological polar surface area (TPSA) is 71.7 Å². The molecule has 94 valence electrons. The molecule has 0 aliphatic heterocycles. The van der Waals surface area contributed by atoms with Crippen molar-refractivity contribution in [2.24, 2.45) is 5.41 Å². The lowest BCUT2D eigenvalue weighted by atomic mass is 10.1. The van der Waals surface area contributed by atoms with E-state index in [-0.39, 0.29) is 23.7 Å². The molecule has 5 nitrogen and oxygen atoms in total. The third kappa shape index (κ3) is 2.87. The molecule has 1 aliphatic carbocycles. The monoisotopic (exact) mass is 239 g/mol. The number of hydrogen-bond acceptors (Lipinski definition) is 4. The summed E-state index contributed by atoms with van der Waals surface area (Å²) in [5.41, 5.74) is -0.0857. The average Bonchev–Trinajstić information content (AvgIpc) is 2.98. The van der Waals surface area contributed by atoms with E-state index in [9.17, 15) is 4.79 Å². The first kappa shape index (κ1) is 12.1.